The van der Waals surface area contributed by atoms with Gasteiger partial charge in [-0.25, -0.2) is 0 Å². The van der Waals surface area contributed by atoms with Crippen molar-refractivity contribution in [3.63, 3.8) is 0 Å². The van der Waals surface area contributed by atoms with Gasteiger partial charge in [-0.1, -0.05) is 24.3 Å². The van der Waals surface area contributed by atoms with E-state index in [0.29, 0.717) is 11.8 Å². The van der Waals surface area contributed by atoms with Gasteiger partial charge in [0, 0.05) is 24.8 Å². The molecule has 21 heavy (non-hydrogen) atoms. The van der Waals surface area contributed by atoms with Crippen molar-refractivity contribution in [3.8, 4) is 5.75 Å². The zero-order chi connectivity index (χ0) is 14.8. The third kappa shape index (κ3) is 2.88. The summed E-state index contributed by atoms with van der Waals surface area (Å²) in [6.07, 6.45) is 1.10. The highest BCUT2D eigenvalue weighted by Gasteiger charge is 2.20. The Kier molecular flexibility index (Phi) is 3.84. The zero-order valence-corrected chi connectivity index (χ0v) is 12.6. The van der Waals surface area contributed by atoms with Gasteiger partial charge in [-0.05, 0) is 55.3 Å². The Morgan fingerprint density at radius 2 is 2.10 bits per heavy atom. The zero-order valence-electron chi connectivity index (χ0n) is 12.6. The van der Waals surface area contributed by atoms with Crippen molar-refractivity contribution in [2.75, 3.05) is 18.5 Å². The summed E-state index contributed by atoms with van der Waals surface area (Å²) in [6, 6.07) is 14.7. The molecule has 1 aliphatic rings. The molecular weight excluding hydrogens is 260 g/mol. The van der Waals surface area contributed by atoms with Crippen LogP contribution in [-0.2, 0) is 13.0 Å². The van der Waals surface area contributed by atoms with E-state index in [4.69, 9.17) is 0 Å². The van der Waals surface area contributed by atoms with Crippen LogP contribution in [-0.4, -0.2) is 18.7 Å². The summed E-state index contributed by atoms with van der Waals surface area (Å²) in [4.78, 5) is 2.39. The fourth-order valence-corrected chi connectivity index (χ4v) is 2.97. The highest BCUT2D eigenvalue weighted by molar-refractivity contribution is 5.59. The normalized spacial score (nSPS) is 15.0. The van der Waals surface area contributed by atoms with Crippen LogP contribution < -0.4 is 10.2 Å². The van der Waals surface area contributed by atoms with Gasteiger partial charge >= 0.3 is 0 Å². The Hall–Kier alpha value is -2.00. The number of aromatic hydroxyl groups is 1. The maximum atomic E-state index is 9.58. The van der Waals surface area contributed by atoms with Crippen molar-refractivity contribution in [3.05, 3.63) is 59.2 Å². The molecule has 2 N–H and O–H groups in total. The molecule has 1 heterocycles. The fraction of sp³-hybridized carbons (Fsp3) is 0.333. The number of fused-ring (bicyclic) bond motifs is 1. The number of rotatable bonds is 4. The first-order chi connectivity index (χ1) is 10.2. The summed E-state index contributed by atoms with van der Waals surface area (Å²) in [5.74, 6) is 0.338. The Labute approximate surface area is 126 Å². The summed E-state index contributed by atoms with van der Waals surface area (Å²) < 4.78 is 0. The average molecular weight is 282 g/mol. The Morgan fingerprint density at radius 1 is 1.24 bits per heavy atom. The van der Waals surface area contributed by atoms with Crippen LogP contribution in [0, 0.1) is 0 Å². The summed E-state index contributed by atoms with van der Waals surface area (Å²) in [7, 11) is 1.99. The molecule has 1 atom stereocenters. The van der Waals surface area contributed by atoms with Crippen molar-refractivity contribution in [2.24, 2.45) is 0 Å². The maximum absolute atomic E-state index is 9.58. The predicted octanol–water partition coefficient (Wildman–Crippen LogP) is 3.24. The molecule has 0 bridgehead atoms. The van der Waals surface area contributed by atoms with Crippen molar-refractivity contribution in [2.45, 2.75) is 25.9 Å². The molecule has 1 aliphatic heterocycles. The van der Waals surface area contributed by atoms with Crippen LogP contribution >= 0.6 is 0 Å². The van der Waals surface area contributed by atoms with Crippen LogP contribution in [0.1, 0.15) is 29.7 Å². The van der Waals surface area contributed by atoms with E-state index in [-0.39, 0.29) is 0 Å². The van der Waals surface area contributed by atoms with E-state index < -0.39 is 0 Å². The number of phenolic OH excluding ortho intramolecular Hbond substituents is 1. The Balaban J connectivity index is 1.81. The third-order valence-electron chi connectivity index (χ3n) is 4.31. The second-order valence-corrected chi connectivity index (χ2v) is 5.74. The molecule has 0 aliphatic carbocycles. The number of nitrogens with one attached hydrogen (secondary N) is 1. The Bertz CT molecular complexity index is 639. The van der Waals surface area contributed by atoms with E-state index in [1.165, 1.54) is 16.8 Å². The van der Waals surface area contributed by atoms with Crippen molar-refractivity contribution in [1.29, 1.82) is 0 Å². The minimum absolute atomic E-state index is 0.338. The summed E-state index contributed by atoms with van der Waals surface area (Å²) in [6.45, 7) is 4.08. The van der Waals surface area contributed by atoms with Gasteiger partial charge in [-0.3, -0.25) is 0 Å². The van der Waals surface area contributed by atoms with Crippen LogP contribution in [0.5, 0.6) is 5.75 Å². The van der Waals surface area contributed by atoms with Gasteiger partial charge in [0.1, 0.15) is 5.75 Å². The predicted molar refractivity (Wildman–Crippen MR) is 86.8 cm³/mol. The molecule has 3 heteroatoms. The number of nitrogens with zero attached hydrogens (tertiary/aromatic N) is 1. The van der Waals surface area contributed by atoms with Crippen LogP contribution in [0.25, 0.3) is 0 Å². The topological polar surface area (TPSA) is 35.5 Å². The van der Waals surface area contributed by atoms with E-state index in [1.807, 2.05) is 19.2 Å². The lowest BCUT2D eigenvalue weighted by Gasteiger charge is -2.20. The highest BCUT2D eigenvalue weighted by Crippen LogP contribution is 2.31. The number of hydrogen-bond acceptors (Lipinski definition) is 3. The molecule has 0 saturated heterocycles. The van der Waals surface area contributed by atoms with Crippen LogP contribution in [0.2, 0.25) is 0 Å². The second-order valence-electron chi connectivity index (χ2n) is 5.74. The van der Waals surface area contributed by atoms with Gasteiger partial charge in [0.05, 0.1) is 0 Å². The average Bonchev–Trinajstić information content (AvgIpc) is 2.89. The maximum Gasteiger partial charge on any atom is 0.115 e. The number of phenols is 1. The van der Waals surface area contributed by atoms with Crippen LogP contribution in [0.3, 0.4) is 0 Å². The SMILES string of the molecule is CNC(C)c1ccc2c(c1)CCN2Cc1cccc(O)c1. The first-order valence-electron chi connectivity index (χ1n) is 7.50. The van der Waals surface area contributed by atoms with Crippen molar-refractivity contribution >= 4 is 5.69 Å². The molecule has 0 amide bonds. The standard InChI is InChI=1S/C18H22N2O/c1-13(19-2)15-6-7-18-16(11-15)8-9-20(18)12-14-4-3-5-17(21)10-14/h3-7,10-11,13,19,21H,8-9,12H2,1-2H3. The molecule has 2 aromatic rings. The summed E-state index contributed by atoms with van der Waals surface area (Å²) in [5.41, 5.74) is 5.24. The van der Waals surface area contributed by atoms with E-state index in [0.717, 1.165) is 25.1 Å². The molecule has 0 fully saturated rings. The molecule has 0 radical (unpaired) electrons. The molecule has 2 aromatic carbocycles. The first-order valence-corrected chi connectivity index (χ1v) is 7.50. The highest BCUT2D eigenvalue weighted by atomic mass is 16.3. The number of hydrogen-bond donors (Lipinski definition) is 2. The minimum atomic E-state index is 0.338. The van der Waals surface area contributed by atoms with E-state index in [2.05, 4.69) is 41.4 Å². The van der Waals surface area contributed by atoms with Gasteiger partial charge in [0.2, 0.25) is 0 Å². The second kappa shape index (κ2) is 5.78. The van der Waals surface area contributed by atoms with Crippen molar-refractivity contribution in [1.82, 2.24) is 5.32 Å². The third-order valence-corrected chi connectivity index (χ3v) is 4.31. The van der Waals surface area contributed by atoms with E-state index in [9.17, 15) is 5.11 Å². The lowest BCUT2D eigenvalue weighted by atomic mass is 10.0. The molecule has 0 spiro atoms. The molecule has 0 aromatic heterocycles. The van der Waals surface area contributed by atoms with Gasteiger partial charge in [0.15, 0.2) is 0 Å². The Morgan fingerprint density at radius 3 is 2.86 bits per heavy atom. The van der Waals surface area contributed by atoms with E-state index >= 15 is 0 Å². The van der Waals surface area contributed by atoms with Crippen molar-refractivity contribution < 1.29 is 5.11 Å². The van der Waals surface area contributed by atoms with E-state index in [1.54, 1.807) is 6.07 Å². The number of benzene rings is 2. The minimum Gasteiger partial charge on any atom is -0.508 e. The van der Waals surface area contributed by atoms with Gasteiger partial charge in [-0.2, -0.15) is 0 Å². The largest absolute Gasteiger partial charge is 0.508 e. The van der Waals surface area contributed by atoms with Gasteiger partial charge in [-0.15, -0.1) is 0 Å². The smallest absolute Gasteiger partial charge is 0.115 e. The monoisotopic (exact) mass is 282 g/mol. The lowest BCUT2D eigenvalue weighted by Crippen LogP contribution is -2.19. The van der Waals surface area contributed by atoms with Crippen LogP contribution in [0.15, 0.2) is 42.5 Å². The van der Waals surface area contributed by atoms with Crippen LogP contribution in [0.4, 0.5) is 5.69 Å². The molecule has 3 rings (SSSR count). The molecular formula is C18H22N2O. The fourth-order valence-electron chi connectivity index (χ4n) is 2.97. The quantitative estimate of drug-likeness (QED) is 0.903. The summed E-state index contributed by atoms with van der Waals surface area (Å²) in [5, 5.41) is 12.9. The molecule has 110 valence electrons. The first kappa shape index (κ1) is 14.0. The molecule has 3 nitrogen and oxygen atoms in total. The number of anilines is 1. The molecule has 1 unspecified atom stereocenters. The van der Waals surface area contributed by atoms with Gasteiger partial charge in [0.25, 0.3) is 0 Å². The molecule has 0 saturated carbocycles. The summed E-state index contributed by atoms with van der Waals surface area (Å²) >= 11 is 0. The van der Waals surface area contributed by atoms with Gasteiger partial charge < -0.3 is 15.3 Å². The lowest BCUT2D eigenvalue weighted by molar-refractivity contribution is 0.474.